The average Bonchev–Trinajstić information content (AvgIpc) is 3.40. The molecule has 2 heterocycles. The molecule has 7 heteroatoms. The third kappa shape index (κ3) is 4.53. The van der Waals surface area contributed by atoms with Gasteiger partial charge in [0.05, 0.1) is 24.8 Å². The maximum Gasteiger partial charge on any atom is 0.300 e. The van der Waals surface area contributed by atoms with Gasteiger partial charge in [-0.15, -0.1) is 0 Å². The Morgan fingerprint density at radius 3 is 2.43 bits per heavy atom. The highest BCUT2D eigenvalue weighted by Crippen LogP contribution is 2.43. The van der Waals surface area contributed by atoms with Gasteiger partial charge in [-0.1, -0.05) is 18.2 Å². The van der Waals surface area contributed by atoms with E-state index in [1.54, 1.807) is 48.5 Å². The molecule has 1 N–H and O–H groups in total. The maximum atomic E-state index is 13.5. The molecule has 3 aromatic carbocycles. The first-order chi connectivity index (χ1) is 17.9. The van der Waals surface area contributed by atoms with Crippen LogP contribution in [-0.4, -0.2) is 36.1 Å². The van der Waals surface area contributed by atoms with Crippen LogP contribution in [-0.2, 0) is 16.0 Å². The van der Waals surface area contributed by atoms with Gasteiger partial charge >= 0.3 is 0 Å². The van der Waals surface area contributed by atoms with Crippen LogP contribution in [0.1, 0.15) is 43.5 Å². The quantitative estimate of drug-likeness (QED) is 0.265. The van der Waals surface area contributed by atoms with Gasteiger partial charge < -0.3 is 19.3 Å². The number of ketones is 1. The molecule has 3 aromatic rings. The zero-order chi connectivity index (χ0) is 26.1. The number of rotatable bonds is 7. The molecule has 1 saturated heterocycles. The van der Waals surface area contributed by atoms with Crippen LogP contribution >= 0.6 is 0 Å². The summed E-state index contributed by atoms with van der Waals surface area (Å²) in [6.45, 7) is 6.74. The lowest BCUT2D eigenvalue weighted by molar-refractivity contribution is -0.132. The maximum absolute atomic E-state index is 13.5. The van der Waals surface area contributed by atoms with Crippen LogP contribution in [0.4, 0.5) is 5.69 Å². The number of fused-ring (bicyclic) bond motifs is 1. The second kappa shape index (κ2) is 10.0. The number of aliphatic hydroxyl groups is 1. The van der Waals surface area contributed by atoms with E-state index in [1.165, 1.54) is 4.90 Å². The Kier molecular flexibility index (Phi) is 6.61. The number of benzene rings is 3. The van der Waals surface area contributed by atoms with E-state index < -0.39 is 17.7 Å². The molecular weight excluding hydrogens is 470 g/mol. The zero-order valence-corrected chi connectivity index (χ0v) is 21.1. The van der Waals surface area contributed by atoms with Crippen LogP contribution in [0.25, 0.3) is 5.76 Å². The number of carbonyl (C=O) groups is 2. The van der Waals surface area contributed by atoms with Crippen molar-refractivity contribution in [3.05, 3.63) is 89.0 Å². The van der Waals surface area contributed by atoms with Gasteiger partial charge in [-0.05, 0) is 74.4 Å². The molecule has 190 valence electrons. The summed E-state index contributed by atoms with van der Waals surface area (Å²) in [5.74, 6) is 0.341. The summed E-state index contributed by atoms with van der Waals surface area (Å²) < 4.78 is 17.0. The van der Waals surface area contributed by atoms with Gasteiger partial charge in [-0.3, -0.25) is 14.5 Å². The molecule has 1 amide bonds. The van der Waals surface area contributed by atoms with E-state index >= 15 is 0 Å². The highest BCUT2D eigenvalue weighted by molar-refractivity contribution is 6.51. The third-order valence-electron chi connectivity index (χ3n) is 6.53. The summed E-state index contributed by atoms with van der Waals surface area (Å²) in [6, 6.07) is 18.8. The summed E-state index contributed by atoms with van der Waals surface area (Å²) in [5, 5.41) is 11.5. The number of amides is 1. The van der Waals surface area contributed by atoms with Crippen molar-refractivity contribution in [2.75, 3.05) is 18.1 Å². The van der Waals surface area contributed by atoms with E-state index in [9.17, 15) is 14.7 Å². The molecule has 2 aliphatic rings. The van der Waals surface area contributed by atoms with Gasteiger partial charge in [0.2, 0.25) is 0 Å². The summed E-state index contributed by atoms with van der Waals surface area (Å²) in [6.07, 6.45) is 0.747. The van der Waals surface area contributed by atoms with Crippen molar-refractivity contribution in [3.8, 4) is 17.2 Å². The summed E-state index contributed by atoms with van der Waals surface area (Å²) in [4.78, 5) is 28.3. The van der Waals surface area contributed by atoms with Gasteiger partial charge in [0.15, 0.2) is 0 Å². The second-order valence-electron chi connectivity index (χ2n) is 9.06. The molecule has 0 aromatic heterocycles. The molecule has 37 heavy (non-hydrogen) atoms. The Morgan fingerprint density at radius 2 is 1.70 bits per heavy atom. The Balaban J connectivity index is 1.65. The highest BCUT2D eigenvalue weighted by Gasteiger charge is 2.47. The first-order valence-electron chi connectivity index (χ1n) is 12.5. The number of hydrogen-bond donors (Lipinski definition) is 1. The van der Waals surface area contributed by atoms with Crippen molar-refractivity contribution >= 4 is 23.1 Å². The van der Waals surface area contributed by atoms with Gasteiger partial charge in [0.25, 0.3) is 11.7 Å². The molecule has 1 fully saturated rings. The molecule has 0 bridgehead atoms. The fourth-order valence-electron chi connectivity index (χ4n) is 4.94. The SMILES string of the molecule is CCOc1ccc(C2/C(=C(/O)c3ccc4c(c3)CC(C)O4)C(=O)C(=O)N2c2cccc(OCC)c2)cc1. The zero-order valence-electron chi connectivity index (χ0n) is 21.1. The van der Waals surface area contributed by atoms with E-state index in [2.05, 4.69) is 0 Å². The topological polar surface area (TPSA) is 85.3 Å². The number of nitrogens with zero attached hydrogens (tertiary/aromatic N) is 1. The van der Waals surface area contributed by atoms with Gasteiger partial charge in [-0.25, -0.2) is 0 Å². The van der Waals surface area contributed by atoms with Crippen LogP contribution in [0.3, 0.4) is 0 Å². The van der Waals surface area contributed by atoms with Crippen LogP contribution in [0.5, 0.6) is 17.2 Å². The minimum atomic E-state index is -0.837. The second-order valence-corrected chi connectivity index (χ2v) is 9.06. The predicted octanol–water partition coefficient (Wildman–Crippen LogP) is 5.43. The number of anilines is 1. The highest BCUT2D eigenvalue weighted by atomic mass is 16.5. The lowest BCUT2D eigenvalue weighted by Gasteiger charge is -2.26. The lowest BCUT2D eigenvalue weighted by atomic mass is 9.94. The molecule has 0 saturated carbocycles. The summed E-state index contributed by atoms with van der Waals surface area (Å²) in [5.41, 5.74) is 2.62. The van der Waals surface area contributed by atoms with Crippen molar-refractivity contribution in [1.29, 1.82) is 0 Å². The molecule has 2 aliphatic heterocycles. The first kappa shape index (κ1) is 24.4. The molecule has 2 unspecified atom stereocenters. The molecular formula is C30H29NO6. The number of hydrogen-bond acceptors (Lipinski definition) is 6. The van der Waals surface area contributed by atoms with Crippen LogP contribution in [0.15, 0.2) is 72.3 Å². The number of ether oxygens (including phenoxy) is 3. The molecule has 0 spiro atoms. The lowest BCUT2D eigenvalue weighted by Crippen LogP contribution is -2.29. The van der Waals surface area contributed by atoms with Crippen molar-refractivity contribution in [1.82, 2.24) is 0 Å². The molecule has 0 aliphatic carbocycles. The van der Waals surface area contributed by atoms with Gasteiger partial charge in [-0.2, -0.15) is 0 Å². The standard InChI is InChI=1S/C30H29NO6/c1-4-35-23-12-9-19(10-13-23)27-26(28(32)20-11-14-25-21(16-20)15-18(3)37-25)29(33)30(34)31(27)22-7-6-8-24(17-22)36-5-2/h6-14,16-18,27,32H,4-5,15H2,1-3H3/b28-26-. The third-order valence-corrected chi connectivity index (χ3v) is 6.53. The van der Waals surface area contributed by atoms with Crippen LogP contribution in [0, 0.1) is 0 Å². The first-order valence-corrected chi connectivity index (χ1v) is 12.5. The minimum absolute atomic E-state index is 0.0305. The van der Waals surface area contributed by atoms with E-state index in [4.69, 9.17) is 14.2 Å². The van der Waals surface area contributed by atoms with Crippen molar-refractivity contribution in [2.45, 2.75) is 39.3 Å². The number of aliphatic hydroxyl groups excluding tert-OH is 1. The molecule has 0 radical (unpaired) electrons. The monoisotopic (exact) mass is 499 g/mol. The molecule has 7 nitrogen and oxygen atoms in total. The van der Waals surface area contributed by atoms with Crippen LogP contribution < -0.4 is 19.1 Å². The van der Waals surface area contributed by atoms with E-state index in [1.807, 2.05) is 39.0 Å². The van der Waals surface area contributed by atoms with Crippen molar-refractivity contribution in [3.63, 3.8) is 0 Å². The van der Waals surface area contributed by atoms with Crippen LogP contribution in [0.2, 0.25) is 0 Å². The van der Waals surface area contributed by atoms with Gasteiger partial charge in [0, 0.05) is 23.7 Å². The van der Waals surface area contributed by atoms with Crippen molar-refractivity contribution in [2.24, 2.45) is 0 Å². The smallest absolute Gasteiger partial charge is 0.300 e. The molecule has 2 atom stereocenters. The Labute approximate surface area is 215 Å². The summed E-state index contributed by atoms with van der Waals surface area (Å²) >= 11 is 0. The van der Waals surface area contributed by atoms with E-state index in [-0.39, 0.29) is 17.4 Å². The number of Topliss-reactive ketones (excluding diaryl/α,β-unsaturated/α-hetero) is 1. The fourth-order valence-corrected chi connectivity index (χ4v) is 4.94. The largest absolute Gasteiger partial charge is 0.507 e. The minimum Gasteiger partial charge on any atom is -0.507 e. The average molecular weight is 500 g/mol. The Morgan fingerprint density at radius 1 is 0.973 bits per heavy atom. The predicted molar refractivity (Wildman–Crippen MR) is 140 cm³/mol. The van der Waals surface area contributed by atoms with E-state index in [0.29, 0.717) is 47.9 Å². The Bertz CT molecular complexity index is 1380. The number of carbonyl (C=O) groups excluding carboxylic acids is 2. The normalized spacial score (nSPS) is 20.0. The fraction of sp³-hybridized carbons (Fsp3) is 0.267. The van der Waals surface area contributed by atoms with Crippen molar-refractivity contribution < 1.29 is 28.9 Å². The van der Waals surface area contributed by atoms with E-state index in [0.717, 1.165) is 11.3 Å². The Hall–Kier alpha value is -4.26. The van der Waals surface area contributed by atoms with Gasteiger partial charge in [0.1, 0.15) is 29.1 Å². The molecule has 5 rings (SSSR count). The summed E-state index contributed by atoms with van der Waals surface area (Å²) in [7, 11) is 0.